The molecule has 0 N–H and O–H groups in total. The third kappa shape index (κ3) is 3.33. The van der Waals surface area contributed by atoms with Crippen LogP contribution in [0.5, 0.6) is 5.75 Å². The van der Waals surface area contributed by atoms with Crippen molar-refractivity contribution in [2.24, 2.45) is 0 Å². The fourth-order valence-corrected chi connectivity index (χ4v) is 2.93. The number of hydrogen-bond acceptors (Lipinski definition) is 2. The van der Waals surface area contributed by atoms with Gasteiger partial charge in [-0.1, -0.05) is 35.4 Å². The van der Waals surface area contributed by atoms with Gasteiger partial charge in [-0.2, -0.15) is 0 Å². The Bertz CT molecular complexity index is 655. The second kappa shape index (κ2) is 6.53. The Hall–Kier alpha value is -1.80. The van der Waals surface area contributed by atoms with Crippen molar-refractivity contribution in [2.75, 3.05) is 6.61 Å². The first-order chi connectivity index (χ1) is 10.6. The summed E-state index contributed by atoms with van der Waals surface area (Å²) in [6.45, 7) is 7.20. The molecule has 0 amide bonds. The fraction of sp³-hybridized carbons (Fsp3) is 0.400. The zero-order valence-corrected chi connectivity index (χ0v) is 13.7. The Morgan fingerprint density at radius 3 is 2.36 bits per heavy atom. The summed E-state index contributed by atoms with van der Waals surface area (Å²) in [5.74, 6) is 0.922. The summed E-state index contributed by atoms with van der Waals surface area (Å²) in [6, 6.07) is 12.9. The molecule has 2 heteroatoms. The average molecular weight is 296 g/mol. The van der Waals surface area contributed by atoms with Crippen LogP contribution in [0.4, 0.5) is 0 Å². The van der Waals surface area contributed by atoms with Crippen LogP contribution >= 0.6 is 0 Å². The number of rotatable bonds is 3. The van der Waals surface area contributed by atoms with Gasteiger partial charge in [-0.25, -0.2) is 0 Å². The van der Waals surface area contributed by atoms with Gasteiger partial charge < -0.3 is 9.47 Å². The van der Waals surface area contributed by atoms with Crippen LogP contribution in [0.15, 0.2) is 36.4 Å². The zero-order valence-electron chi connectivity index (χ0n) is 13.7. The largest absolute Gasteiger partial charge is 0.464 e. The first kappa shape index (κ1) is 15.1. The Kier molecular flexibility index (Phi) is 4.49. The van der Waals surface area contributed by atoms with E-state index < -0.39 is 0 Å². The van der Waals surface area contributed by atoms with E-state index in [-0.39, 0.29) is 6.29 Å². The highest BCUT2D eigenvalue weighted by atomic mass is 16.7. The van der Waals surface area contributed by atoms with Crippen molar-refractivity contribution < 1.29 is 9.47 Å². The molecule has 22 heavy (non-hydrogen) atoms. The van der Waals surface area contributed by atoms with Gasteiger partial charge in [-0.3, -0.25) is 0 Å². The van der Waals surface area contributed by atoms with E-state index in [9.17, 15) is 0 Å². The maximum absolute atomic E-state index is 6.17. The van der Waals surface area contributed by atoms with Crippen molar-refractivity contribution in [2.45, 2.75) is 46.3 Å². The monoisotopic (exact) mass is 296 g/mol. The van der Waals surface area contributed by atoms with Gasteiger partial charge in [0, 0.05) is 12.0 Å². The SMILES string of the molecule is Cc1ccc(C)c(-c2cc(C)ccc2OC2CCCCO2)c1. The van der Waals surface area contributed by atoms with Gasteiger partial charge in [0.15, 0.2) is 6.29 Å². The van der Waals surface area contributed by atoms with E-state index in [0.717, 1.165) is 30.8 Å². The molecule has 1 saturated heterocycles. The molecule has 1 heterocycles. The highest BCUT2D eigenvalue weighted by Crippen LogP contribution is 2.35. The van der Waals surface area contributed by atoms with Crippen LogP contribution in [0.25, 0.3) is 11.1 Å². The Morgan fingerprint density at radius 2 is 1.64 bits per heavy atom. The van der Waals surface area contributed by atoms with Gasteiger partial charge in [0.25, 0.3) is 0 Å². The second-order valence-electron chi connectivity index (χ2n) is 6.23. The van der Waals surface area contributed by atoms with Crippen LogP contribution in [-0.4, -0.2) is 12.9 Å². The van der Waals surface area contributed by atoms with Gasteiger partial charge in [0.1, 0.15) is 5.75 Å². The molecule has 0 bridgehead atoms. The Balaban J connectivity index is 1.98. The van der Waals surface area contributed by atoms with Crippen molar-refractivity contribution in [3.63, 3.8) is 0 Å². The van der Waals surface area contributed by atoms with Crippen molar-refractivity contribution in [1.82, 2.24) is 0 Å². The molecular weight excluding hydrogens is 272 g/mol. The smallest absolute Gasteiger partial charge is 0.199 e. The summed E-state index contributed by atoms with van der Waals surface area (Å²) in [4.78, 5) is 0. The molecule has 116 valence electrons. The molecule has 2 nitrogen and oxygen atoms in total. The predicted octanol–water partition coefficient (Wildman–Crippen LogP) is 5.18. The van der Waals surface area contributed by atoms with Crippen molar-refractivity contribution in [1.29, 1.82) is 0 Å². The van der Waals surface area contributed by atoms with Crippen LogP contribution in [0.2, 0.25) is 0 Å². The molecule has 1 aliphatic rings. The quantitative estimate of drug-likeness (QED) is 0.776. The molecule has 0 aliphatic carbocycles. The van der Waals surface area contributed by atoms with Crippen molar-refractivity contribution >= 4 is 0 Å². The van der Waals surface area contributed by atoms with Crippen LogP contribution in [-0.2, 0) is 4.74 Å². The van der Waals surface area contributed by atoms with E-state index in [4.69, 9.17) is 9.47 Å². The minimum Gasteiger partial charge on any atom is -0.464 e. The Morgan fingerprint density at radius 1 is 0.909 bits per heavy atom. The first-order valence-electron chi connectivity index (χ1n) is 8.10. The molecule has 1 unspecified atom stereocenters. The lowest BCUT2D eigenvalue weighted by Gasteiger charge is -2.25. The van der Waals surface area contributed by atoms with E-state index in [1.165, 1.54) is 28.7 Å². The number of ether oxygens (including phenoxy) is 2. The third-order valence-corrected chi connectivity index (χ3v) is 4.21. The standard InChI is InChI=1S/C20H24O2/c1-14-7-9-16(3)17(12-14)18-13-15(2)8-10-19(18)22-20-6-4-5-11-21-20/h7-10,12-13,20H,4-6,11H2,1-3H3. The lowest BCUT2D eigenvalue weighted by Crippen LogP contribution is -2.25. The number of hydrogen-bond donors (Lipinski definition) is 0. The summed E-state index contributed by atoms with van der Waals surface area (Å²) in [6.07, 6.45) is 3.17. The fourth-order valence-electron chi connectivity index (χ4n) is 2.93. The van der Waals surface area contributed by atoms with E-state index in [2.05, 4.69) is 57.2 Å². The molecule has 1 fully saturated rings. The molecule has 1 atom stereocenters. The van der Waals surface area contributed by atoms with Gasteiger partial charge in [-0.15, -0.1) is 0 Å². The molecule has 1 aliphatic heterocycles. The molecule has 3 rings (SSSR count). The summed E-state index contributed by atoms with van der Waals surface area (Å²) in [5.41, 5.74) is 6.19. The molecular formula is C20H24O2. The topological polar surface area (TPSA) is 18.5 Å². The van der Waals surface area contributed by atoms with Crippen molar-refractivity contribution in [3.8, 4) is 16.9 Å². The summed E-state index contributed by atoms with van der Waals surface area (Å²) in [7, 11) is 0. The molecule has 0 radical (unpaired) electrons. The number of aryl methyl sites for hydroxylation is 3. The van der Waals surface area contributed by atoms with Gasteiger partial charge in [0.05, 0.1) is 6.61 Å². The van der Waals surface area contributed by atoms with E-state index in [1.807, 2.05) is 0 Å². The van der Waals surface area contributed by atoms with E-state index >= 15 is 0 Å². The average Bonchev–Trinajstić information content (AvgIpc) is 2.52. The molecule has 2 aromatic rings. The van der Waals surface area contributed by atoms with Gasteiger partial charge in [0.2, 0.25) is 0 Å². The Labute approximate surface area is 133 Å². The van der Waals surface area contributed by atoms with Crippen molar-refractivity contribution in [3.05, 3.63) is 53.1 Å². The molecule has 0 spiro atoms. The highest BCUT2D eigenvalue weighted by molar-refractivity contribution is 5.74. The summed E-state index contributed by atoms with van der Waals surface area (Å²) in [5, 5.41) is 0. The first-order valence-corrected chi connectivity index (χ1v) is 8.10. The maximum atomic E-state index is 6.17. The van der Waals surface area contributed by atoms with Gasteiger partial charge >= 0.3 is 0 Å². The molecule has 0 saturated carbocycles. The highest BCUT2D eigenvalue weighted by Gasteiger charge is 2.18. The lowest BCUT2D eigenvalue weighted by molar-refractivity contribution is -0.105. The molecule has 0 aromatic heterocycles. The second-order valence-corrected chi connectivity index (χ2v) is 6.23. The number of benzene rings is 2. The zero-order chi connectivity index (χ0) is 15.5. The normalized spacial score (nSPS) is 18.2. The molecule has 2 aromatic carbocycles. The third-order valence-electron chi connectivity index (χ3n) is 4.21. The summed E-state index contributed by atoms with van der Waals surface area (Å²) < 4.78 is 11.9. The predicted molar refractivity (Wildman–Crippen MR) is 90.3 cm³/mol. The van der Waals surface area contributed by atoms with Crippen LogP contribution in [0.1, 0.15) is 36.0 Å². The minimum atomic E-state index is -0.111. The summed E-state index contributed by atoms with van der Waals surface area (Å²) >= 11 is 0. The van der Waals surface area contributed by atoms with Crippen LogP contribution in [0.3, 0.4) is 0 Å². The van der Waals surface area contributed by atoms with Crippen LogP contribution < -0.4 is 4.74 Å². The van der Waals surface area contributed by atoms with Gasteiger partial charge in [-0.05, 0) is 56.9 Å². The van der Waals surface area contributed by atoms with Crippen LogP contribution in [0, 0.1) is 20.8 Å². The van der Waals surface area contributed by atoms with E-state index in [1.54, 1.807) is 0 Å². The van der Waals surface area contributed by atoms with E-state index in [0.29, 0.717) is 0 Å². The minimum absolute atomic E-state index is 0.111. The lowest BCUT2D eigenvalue weighted by atomic mass is 9.96. The maximum Gasteiger partial charge on any atom is 0.199 e.